The first-order valence-corrected chi connectivity index (χ1v) is 15.4. The number of aromatic nitrogens is 7. The van der Waals surface area contributed by atoms with Crippen molar-refractivity contribution in [2.24, 2.45) is 0 Å². The average Bonchev–Trinajstić information content (AvgIpc) is 3.64. The van der Waals surface area contributed by atoms with Gasteiger partial charge >= 0.3 is 6.18 Å². The number of rotatable bonds is 9. The minimum absolute atomic E-state index is 0.0305. The van der Waals surface area contributed by atoms with E-state index in [9.17, 15) is 22.0 Å². The Hall–Kier alpha value is -4.21. The van der Waals surface area contributed by atoms with Crippen LogP contribution in [0.5, 0.6) is 5.88 Å². The van der Waals surface area contributed by atoms with Gasteiger partial charge in [0, 0.05) is 36.8 Å². The minimum Gasteiger partial charge on any atom is -0.472 e. The molecule has 5 aromatic rings. The Morgan fingerprint density at radius 2 is 1.81 bits per heavy atom. The second-order valence-corrected chi connectivity index (χ2v) is 12.0. The summed E-state index contributed by atoms with van der Waals surface area (Å²) in [5.74, 6) is -1.71. The van der Waals surface area contributed by atoms with Crippen molar-refractivity contribution in [3.63, 3.8) is 0 Å². The molecule has 6 heterocycles. The first-order valence-electron chi connectivity index (χ1n) is 15.0. The van der Waals surface area contributed by atoms with Gasteiger partial charge in [0.25, 0.3) is 5.88 Å². The number of fused-ring (bicyclic) bond motifs is 1. The van der Waals surface area contributed by atoms with E-state index in [1.807, 2.05) is 4.57 Å². The van der Waals surface area contributed by atoms with E-state index in [0.29, 0.717) is 67.4 Å². The van der Waals surface area contributed by atoms with Crippen LogP contribution in [0.25, 0.3) is 22.6 Å². The molecule has 0 spiro atoms. The lowest BCUT2D eigenvalue weighted by Crippen LogP contribution is -2.39. The molecule has 1 N–H and O–H groups in total. The Balaban J connectivity index is 1.03. The van der Waals surface area contributed by atoms with Gasteiger partial charge in [-0.2, -0.15) is 13.2 Å². The second kappa shape index (κ2) is 12.8. The van der Waals surface area contributed by atoms with Gasteiger partial charge in [-0.3, -0.25) is 9.88 Å². The molecule has 2 fully saturated rings. The SMILES string of the molecule is Fc1cc(Cl)ccc1Cc1ccc(F)c(OC2CCN(Cc3nc4cc(-c5nnc(C(F)(F)F)[nH]5)ncc4n3CC3CCO3)CC2)n1. The van der Waals surface area contributed by atoms with Crippen LogP contribution in [0.4, 0.5) is 22.0 Å². The summed E-state index contributed by atoms with van der Waals surface area (Å²) >= 11 is 5.85. The van der Waals surface area contributed by atoms with Crippen LogP contribution in [-0.4, -0.2) is 71.5 Å². The summed E-state index contributed by atoms with van der Waals surface area (Å²) in [5.41, 5.74) is 2.34. The Morgan fingerprint density at radius 3 is 2.51 bits per heavy atom. The summed E-state index contributed by atoms with van der Waals surface area (Å²) in [6.07, 6.45) is -1.02. The molecule has 1 aromatic carbocycles. The fourth-order valence-corrected chi connectivity index (χ4v) is 5.87. The van der Waals surface area contributed by atoms with Crippen molar-refractivity contribution in [1.82, 2.24) is 39.6 Å². The molecule has 246 valence electrons. The summed E-state index contributed by atoms with van der Waals surface area (Å²) in [4.78, 5) is 17.9. The quantitative estimate of drug-likeness (QED) is 0.190. The summed E-state index contributed by atoms with van der Waals surface area (Å²) in [6, 6.07) is 8.76. The maximum Gasteiger partial charge on any atom is 0.451 e. The minimum atomic E-state index is -4.65. The van der Waals surface area contributed by atoms with Crippen LogP contribution in [0.2, 0.25) is 5.02 Å². The Morgan fingerprint density at radius 1 is 1.00 bits per heavy atom. The molecular weight excluding hydrogens is 647 g/mol. The predicted octanol–water partition coefficient (Wildman–Crippen LogP) is 5.98. The fraction of sp³-hybridized carbons (Fsp3) is 0.387. The average molecular weight is 675 g/mol. The van der Waals surface area contributed by atoms with E-state index in [0.717, 1.165) is 17.8 Å². The predicted molar refractivity (Wildman–Crippen MR) is 160 cm³/mol. The van der Waals surface area contributed by atoms with Crippen molar-refractivity contribution < 1.29 is 31.4 Å². The lowest BCUT2D eigenvalue weighted by molar-refractivity contribution is -0.144. The highest BCUT2D eigenvalue weighted by Crippen LogP contribution is 2.29. The number of nitrogens with zero attached hydrogens (tertiary/aromatic N) is 7. The molecule has 0 amide bonds. The molecule has 0 bridgehead atoms. The maximum absolute atomic E-state index is 14.7. The molecule has 10 nitrogen and oxygen atoms in total. The lowest BCUT2D eigenvalue weighted by Gasteiger charge is -2.32. The third-order valence-electron chi connectivity index (χ3n) is 8.33. The number of benzene rings is 1. The van der Waals surface area contributed by atoms with Crippen LogP contribution in [-0.2, 0) is 30.4 Å². The number of H-pyrrole nitrogens is 1. The van der Waals surface area contributed by atoms with Gasteiger partial charge in [-0.25, -0.2) is 18.7 Å². The van der Waals surface area contributed by atoms with Crippen LogP contribution in [0.1, 0.15) is 42.2 Å². The number of likely N-dealkylation sites (tertiary alicyclic amines) is 1. The molecule has 16 heteroatoms. The highest BCUT2D eigenvalue weighted by atomic mass is 35.5. The first-order chi connectivity index (χ1) is 22.6. The molecule has 0 radical (unpaired) electrons. The van der Waals surface area contributed by atoms with E-state index < -0.39 is 23.6 Å². The van der Waals surface area contributed by atoms with Crippen LogP contribution in [0, 0.1) is 11.6 Å². The third-order valence-corrected chi connectivity index (χ3v) is 8.56. The Labute approximate surface area is 269 Å². The van der Waals surface area contributed by atoms with Gasteiger partial charge in [-0.1, -0.05) is 17.7 Å². The number of pyridine rings is 2. The zero-order valence-electron chi connectivity index (χ0n) is 24.8. The molecule has 1 atom stereocenters. The van der Waals surface area contributed by atoms with Gasteiger partial charge in [0.15, 0.2) is 11.6 Å². The van der Waals surface area contributed by atoms with Gasteiger partial charge < -0.3 is 19.0 Å². The number of imidazole rings is 1. The van der Waals surface area contributed by atoms with E-state index in [4.69, 9.17) is 26.1 Å². The van der Waals surface area contributed by atoms with E-state index in [1.165, 1.54) is 18.2 Å². The number of alkyl halides is 3. The Bertz CT molecular complexity index is 1900. The van der Waals surface area contributed by atoms with Gasteiger partial charge in [-0.05, 0) is 55.2 Å². The largest absolute Gasteiger partial charge is 0.472 e. The monoisotopic (exact) mass is 674 g/mol. The van der Waals surface area contributed by atoms with E-state index in [2.05, 4.69) is 30.0 Å². The summed E-state index contributed by atoms with van der Waals surface area (Å²) in [5, 5.41) is 7.10. The molecule has 4 aromatic heterocycles. The highest BCUT2D eigenvalue weighted by molar-refractivity contribution is 6.30. The number of halogens is 6. The van der Waals surface area contributed by atoms with Crippen LogP contribution in [0.3, 0.4) is 0 Å². The first kappa shape index (κ1) is 31.4. The smallest absolute Gasteiger partial charge is 0.451 e. The number of ether oxygens (including phenoxy) is 2. The van der Waals surface area contributed by atoms with Gasteiger partial charge in [0.05, 0.1) is 36.4 Å². The van der Waals surface area contributed by atoms with E-state index >= 15 is 0 Å². The van der Waals surface area contributed by atoms with E-state index in [-0.39, 0.29) is 36.0 Å². The second-order valence-electron chi connectivity index (χ2n) is 11.6. The summed E-state index contributed by atoms with van der Waals surface area (Å²) in [6.45, 7) is 3.04. The molecule has 2 aliphatic heterocycles. The van der Waals surface area contributed by atoms with Crippen molar-refractivity contribution in [2.45, 2.75) is 57.2 Å². The Kier molecular flexibility index (Phi) is 8.53. The topological polar surface area (TPSA) is 107 Å². The lowest BCUT2D eigenvalue weighted by atomic mass is 10.1. The zero-order chi connectivity index (χ0) is 32.7. The van der Waals surface area contributed by atoms with Gasteiger partial charge in [-0.15, -0.1) is 10.2 Å². The molecule has 47 heavy (non-hydrogen) atoms. The normalized spacial score (nSPS) is 17.7. The number of piperidine rings is 1. The molecule has 0 aliphatic carbocycles. The summed E-state index contributed by atoms with van der Waals surface area (Å²) in [7, 11) is 0. The van der Waals surface area contributed by atoms with Crippen molar-refractivity contribution in [1.29, 1.82) is 0 Å². The van der Waals surface area contributed by atoms with Crippen molar-refractivity contribution in [2.75, 3.05) is 19.7 Å². The molecule has 0 saturated carbocycles. The fourth-order valence-electron chi connectivity index (χ4n) is 5.71. The molecular formula is C31H28ClF5N8O2. The summed E-state index contributed by atoms with van der Waals surface area (Å²) < 4.78 is 81.8. The number of hydrogen-bond acceptors (Lipinski definition) is 8. The van der Waals surface area contributed by atoms with Crippen molar-refractivity contribution in [3.05, 3.63) is 82.2 Å². The standard InChI is InChI=1S/C31H28ClF5N8O2/c32-18-2-1-17(23(34)12-18)11-19-3-4-22(33)29(39-19)47-20-5-8-44(9-6-20)16-27-40-24-13-25(28-41-30(43-42-28)31(35,36)37)38-14-26(24)45(27)15-21-7-10-46-21/h1-4,12-14,20-21H,5-11,15-16H2,(H,41,42,43). The van der Waals surface area contributed by atoms with Gasteiger partial charge in [0.2, 0.25) is 5.82 Å². The molecule has 2 aliphatic rings. The van der Waals surface area contributed by atoms with Crippen LogP contribution < -0.4 is 4.74 Å². The third kappa shape index (κ3) is 6.92. The van der Waals surface area contributed by atoms with Crippen LogP contribution >= 0.6 is 11.6 Å². The zero-order valence-corrected chi connectivity index (χ0v) is 25.5. The number of nitrogens with one attached hydrogen (secondary N) is 1. The van der Waals surface area contributed by atoms with Gasteiger partial charge in [0.1, 0.15) is 23.4 Å². The molecule has 2 saturated heterocycles. The number of hydrogen-bond donors (Lipinski definition) is 1. The molecule has 7 rings (SSSR count). The van der Waals surface area contributed by atoms with Crippen molar-refractivity contribution in [3.8, 4) is 17.4 Å². The number of aromatic amines is 1. The highest BCUT2D eigenvalue weighted by Gasteiger charge is 2.35. The van der Waals surface area contributed by atoms with Crippen LogP contribution in [0.15, 0.2) is 42.6 Å². The van der Waals surface area contributed by atoms with E-state index in [1.54, 1.807) is 24.4 Å². The maximum atomic E-state index is 14.7. The molecule has 1 unspecified atom stereocenters. The van der Waals surface area contributed by atoms with Crippen molar-refractivity contribution >= 4 is 22.6 Å².